The molecule has 21 heavy (non-hydrogen) atoms. The number of rotatable bonds is 6. The fraction of sp³-hybridized carbons (Fsp3) is 0.312. The van der Waals surface area contributed by atoms with Gasteiger partial charge in [0, 0.05) is 18.8 Å². The van der Waals surface area contributed by atoms with Crippen LogP contribution in [0.3, 0.4) is 0 Å². The minimum absolute atomic E-state index is 0.297. The third kappa shape index (κ3) is 5.10. The van der Waals surface area contributed by atoms with Crippen LogP contribution < -0.4 is 10.1 Å². The molecule has 3 nitrogen and oxygen atoms in total. The van der Waals surface area contributed by atoms with Gasteiger partial charge in [-0.25, -0.2) is 4.39 Å². The molecular formula is C16H18BrFN2O. The quantitative estimate of drug-likeness (QED) is 0.851. The van der Waals surface area contributed by atoms with Crippen molar-refractivity contribution in [1.82, 2.24) is 10.3 Å². The van der Waals surface area contributed by atoms with E-state index in [0.717, 1.165) is 17.8 Å². The standard InChI is InChI=1S/C16H18BrFN2O/c1-11(2)19-8-12-3-5-14(20-9-12)10-21-16-6-4-13(18)7-15(16)17/h3-7,9,11,19H,8,10H2,1-2H3. The van der Waals surface area contributed by atoms with Crippen molar-refractivity contribution >= 4 is 15.9 Å². The number of benzene rings is 1. The predicted molar refractivity (Wildman–Crippen MR) is 84.6 cm³/mol. The van der Waals surface area contributed by atoms with Gasteiger partial charge in [-0.2, -0.15) is 0 Å². The largest absolute Gasteiger partial charge is 0.486 e. The zero-order valence-electron chi connectivity index (χ0n) is 12.1. The summed E-state index contributed by atoms with van der Waals surface area (Å²) in [5.74, 6) is 0.304. The van der Waals surface area contributed by atoms with Gasteiger partial charge in [0.1, 0.15) is 18.2 Å². The van der Waals surface area contributed by atoms with Gasteiger partial charge in [-0.05, 0) is 45.8 Å². The molecule has 0 amide bonds. The summed E-state index contributed by atoms with van der Waals surface area (Å²) in [6, 6.07) is 8.76. The van der Waals surface area contributed by atoms with Gasteiger partial charge in [-0.1, -0.05) is 19.9 Å². The summed E-state index contributed by atoms with van der Waals surface area (Å²) in [6.45, 7) is 5.36. The number of hydrogen-bond acceptors (Lipinski definition) is 3. The number of pyridine rings is 1. The number of nitrogens with one attached hydrogen (secondary N) is 1. The Hall–Kier alpha value is -1.46. The van der Waals surface area contributed by atoms with E-state index in [-0.39, 0.29) is 5.82 Å². The van der Waals surface area contributed by atoms with E-state index in [9.17, 15) is 4.39 Å². The van der Waals surface area contributed by atoms with Gasteiger partial charge in [0.05, 0.1) is 10.2 Å². The Morgan fingerprint density at radius 3 is 2.71 bits per heavy atom. The minimum atomic E-state index is -0.297. The normalized spacial score (nSPS) is 10.9. The molecule has 0 saturated heterocycles. The maximum Gasteiger partial charge on any atom is 0.134 e. The lowest BCUT2D eigenvalue weighted by Crippen LogP contribution is -2.21. The summed E-state index contributed by atoms with van der Waals surface area (Å²) in [4.78, 5) is 4.36. The summed E-state index contributed by atoms with van der Waals surface area (Å²) < 4.78 is 19.2. The monoisotopic (exact) mass is 352 g/mol. The first-order valence-corrected chi connectivity index (χ1v) is 7.59. The van der Waals surface area contributed by atoms with Crippen LogP contribution in [0.4, 0.5) is 4.39 Å². The van der Waals surface area contributed by atoms with E-state index in [0.29, 0.717) is 22.9 Å². The van der Waals surface area contributed by atoms with Crippen molar-refractivity contribution in [2.24, 2.45) is 0 Å². The van der Waals surface area contributed by atoms with E-state index >= 15 is 0 Å². The summed E-state index contributed by atoms with van der Waals surface area (Å²) in [7, 11) is 0. The number of nitrogens with zero attached hydrogens (tertiary/aromatic N) is 1. The van der Waals surface area contributed by atoms with Gasteiger partial charge in [0.15, 0.2) is 0 Å². The first-order chi connectivity index (χ1) is 10.0. The zero-order valence-corrected chi connectivity index (χ0v) is 13.7. The zero-order chi connectivity index (χ0) is 15.2. The Bertz CT molecular complexity index is 587. The molecule has 1 aromatic heterocycles. The van der Waals surface area contributed by atoms with Crippen LogP contribution in [0, 0.1) is 5.82 Å². The van der Waals surface area contributed by atoms with E-state index in [2.05, 4.69) is 40.1 Å². The third-order valence-corrected chi connectivity index (χ3v) is 3.49. The molecule has 0 aliphatic rings. The molecule has 0 unspecified atom stereocenters. The predicted octanol–water partition coefficient (Wildman–Crippen LogP) is 4.06. The number of ether oxygens (including phenoxy) is 1. The third-order valence-electron chi connectivity index (χ3n) is 2.87. The summed E-state index contributed by atoms with van der Waals surface area (Å²) in [5.41, 5.74) is 1.97. The molecule has 0 fully saturated rings. The van der Waals surface area contributed by atoms with Crippen LogP contribution in [0.5, 0.6) is 5.75 Å². The molecule has 0 bridgehead atoms. The first-order valence-electron chi connectivity index (χ1n) is 6.79. The first kappa shape index (κ1) is 15.9. The van der Waals surface area contributed by atoms with Crippen molar-refractivity contribution in [3.05, 3.63) is 58.1 Å². The summed E-state index contributed by atoms with van der Waals surface area (Å²) in [5, 5.41) is 3.34. The van der Waals surface area contributed by atoms with Gasteiger partial charge >= 0.3 is 0 Å². The topological polar surface area (TPSA) is 34.1 Å². The highest BCUT2D eigenvalue weighted by atomic mass is 79.9. The van der Waals surface area contributed by atoms with Crippen LogP contribution in [-0.4, -0.2) is 11.0 Å². The molecule has 0 aliphatic heterocycles. The van der Waals surface area contributed by atoms with Crippen molar-refractivity contribution in [2.45, 2.75) is 33.0 Å². The molecule has 2 rings (SSSR count). The van der Waals surface area contributed by atoms with Crippen LogP contribution in [0.25, 0.3) is 0 Å². The number of hydrogen-bond donors (Lipinski definition) is 1. The lowest BCUT2D eigenvalue weighted by molar-refractivity contribution is 0.299. The highest BCUT2D eigenvalue weighted by Crippen LogP contribution is 2.26. The Labute approximate surface area is 132 Å². The maximum atomic E-state index is 13.0. The number of halogens is 2. The van der Waals surface area contributed by atoms with Crippen LogP contribution >= 0.6 is 15.9 Å². The van der Waals surface area contributed by atoms with Gasteiger partial charge in [-0.3, -0.25) is 4.98 Å². The highest BCUT2D eigenvalue weighted by molar-refractivity contribution is 9.10. The average Bonchev–Trinajstić information content (AvgIpc) is 2.45. The Balaban J connectivity index is 1.91. The van der Waals surface area contributed by atoms with Crippen LogP contribution in [0.1, 0.15) is 25.1 Å². The van der Waals surface area contributed by atoms with E-state index in [1.807, 2.05) is 18.3 Å². The molecule has 2 aromatic rings. The van der Waals surface area contributed by atoms with Crippen molar-refractivity contribution in [3.63, 3.8) is 0 Å². The van der Waals surface area contributed by atoms with Crippen molar-refractivity contribution in [2.75, 3.05) is 0 Å². The van der Waals surface area contributed by atoms with Crippen LogP contribution in [0.2, 0.25) is 0 Å². The Morgan fingerprint density at radius 1 is 1.29 bits per heavy atom. The molecule has 1 aromatic carbocycles. The summed E-state index contributed by atoms with van der Waals surface area (Å²) in [6.07, 6.45) is 1.84. The molecule has 1 N–H and O–H groups in total. The molecule has 0 radical (unpaired) electrons. The number of aromatic nitrogens is 1. The molecule has 0 saturated carbocycles. The molecule has 0 spiro atoms. The summed E-state index contributed by atoms with van der Waals surface area (Å²) >= 11 is 3.27. The highest BCUT2D eigenvalue weighted by Gasteiger charge is 2.04. The lowest BCUT2D eigenvalue weighted by atomic mass is 10.2. The lowest BCUT2D eigenvalue weighted by Gasteiger charge is -2.10. The molecule has 0 aliphatic carbocycles. The fourth-order valence-corrected chi connectivity index (χ4v) is 2.18. The second kappa shape index (κ2) is 7.52. The van der Waals surface area contributed by atoms with E-state index in [1.165, 1.54) is 12.1 Å². The minimum Gasteiger partial charge on any atom is -0.486 e. The maximum absolute atomic E-state index is 13.0. The Kier molecular flexibility index (Phi) is 5.70. The van der Waals surface area contributed by atoms with Crippen LogP contribution in [0.15, 0.2) is 41.0 Å². The molecule has 5 heteroatoms. The van der Waals surface area contributed by atoms with Gasteiger partial charge in [0.2, 0.25) is 0 Å². The van der Waals surface area contributed by atoms with Gasteiger partial charge in [-0.15, -0.1) is 0 Å². The Morgan fingerprint density at radius 2 is 2.10 bits per heavy atom. The van der Waals surface area contributed by atoms with Gasteiger partial charge in [0.25, 0.3) is 0 Å². The van der Waals surface area contributed by atoms with Crippen LogP contribution in [-0.2, 0) is 13.2 Å². The second-order valence-corrected chi connectivity index (χ2v) is 5.91. The van der Waals surface area contributed by atoms with E-state index < -0.39 is 0 Å². The molecule has 112 valence electrons. The smallest absolute Gasteiger partial charge is 0.134 e. The molecular weight excluding hydrogens is 335 g/mol. The average molecular weight is 353 g/mol. The van der Waals surface area contributed by atoms with Crippen molar-refractivity contribution in [3.8, 4) is 5.75 Å². The fourth-order valence-electron chi connectivity index (χ4n) is 1.71. The SMILES string of the molecule is CC(C)NCc1ccc(COc2ccc(F)cc2Br)nc1. The van der Waals surface area contributed by atoms with Crippen molar-refractivity contribution in [1.29, 1.82) is 0 Å². The van der Waals surface area contributed by atoms with Crippen molar-refractivity contribution < 1.29 is 9.13 Å². The second-order valence-electron chi connectivity index (χ2n) is 5.06. The van der Waals surface area contributed by atoms with E-state index in [1.54, 1.807) is 6.07 Å². The van der Waals surface area contributed by atoms with Gasteiger partial charge < -0.3 is 10.1 Å². The molecule has 1 heterocycles. The van der Waals surface area contributed by atoms with E-state index in [4.69, 9.17) is 4.74 Å². The molecule has 0 atom stereocenters.